The molecule has 7 nitrogen and oxygen atoms in total. The van der Waals surface area contributed by atoms with Gasteiger partial charge in [-0.25, -0.2) is 4.79 Å². The number of allylic oxidation sites excluding steroid dienone is 1. The van der Waals surface area contributed by atoms with E-state index < -0.39 is 11.2 Å². The number of hydrogen-bond acceptors (Lipinski definition) is 5. The fourth-order valence-corrected chi connectivity index (χ4v) is 3.13. The van der Waals surface area contributed by atoms with Crippen LogP contribution in [0.3, 0.4) is 0 Å². The van der Waals surface area contributed by atoms with E-state index in [9.17, 15) is 9.59 Å². The maximum atomic E-state index is 12.7. The summed E-state index contributed by atoms with van der Waals surface area (Å²) in [7, 11) is 0. The standard InChI is InChI=1S/C24H27N3O4/c1-5-10-18-13-17(14-21(30-7-3)22(18)31-16(4)6-2)15-25-27-23(28)19-11-8-9-12-20(19)26-24(27)29/h5,8-9,11-16H,1,6-7,10H2,2-4H3,(H,26,29). The molecule has 0 aliphatic heterocycles. The van der Waals surface area contributed by atoms with Crippen LogP contribution in [0.25, 0.3) is 10.9 Å². The van der Waals surface area contributed by atoms with Crippen molar-refractivity contribution < 1.29 is 9.47 Å². The number of benzene rings is 2. The van der Waals surface area contributed by atoms with Crippen LogP contribution in [0.2, 0.25) is 0 Å². The van der Waals surface area contributed by atoms with Crippen molar-refractivity contribution in [2.75, 3.05) is 6.61 Å². The Bertz CT molecular complexity index is 1220. The highest BCUT2D eigenvalue weighted by Gasteiger charge is 2.15. The summed E-state index contributed by atoms with van der Waals surface area (Å²) >= 11 is 0. The highest BCUT2D eigenvalue weighted by Crippen LogP contribution is 2.34. The number of nitrogens with zero attached hydrogens (tertiary/aromatic N) is 2. The Hall–Kier alpha value is -3.61. The summed E-state index contributed by atoms with van der Waals surface area (Å²) in [5.41, 5.74) is 0.956. The Morgan fingerprint density at radius 3 is 2.71 bits per heavy atom. The van der Waals surface area contributed by atoms with Gasteiger partial charge in [0, 0.05) is 5.56 Å². The van der Waals surface area contributed by atoms with Gasteiger partial charge in [-0.1, -0.05) is 25.1 Å². The molecule has 0 fully saturated rings. The van der Waals surface area contributed by atoms with Gasteiger partial charge in [0.05, 0.1) is 29.8 Å². The quantitative estimate of drug-likeness (QED) is 0.420. The van der Waals surface area contributed by atoms with Crippen molar-refractivity contribution in [2.45, 2.75) is 39.7 Å². The van der Waals surface area contributed by atoms with Crippen molar-refractivity contribution in [1.82, 2.24) is 9.66 Å². The summed E-state index contributed by atoms with van der Waals surface area (Å²) in [6.07, 6.45) is 4.71. The van der Waals surface area contributed by atoms with Gasteiger partial charge in [-0.15, -0.1) is 11.3 Å². The maximum Gasteiger partial charge on any atom is 0.349 e. The van der Waals surface area contributed by atoms with Crippen molar-refractivity contribution in [2.24, 2.45) is 5.10 Å². The van der Waals surface area contributed by atoms with Crippen LogP contribution >= 0.6 is 0 Å². The van der Waals surface area contributed by atoms with Gasteiger partial charge in [-0.2, -0.15) is 5.10 Å². The first kappa shape index (κ1) is 22.1. The highest BCUT2D eigenvalue weighted by molar-refractivity contribution is 5.82. The molecule has 0 saturated carbocycles. The van der Waals surface area contributed by atoms with Crippen molar-refractivity contribution in [1.29, 1.82) is 0 Å². The lowest BCUT2D eigenvalue weighted by Crippen LogP contribution is -2.32. The fraction of sp³-hybridized carbons (Fsp3) is 0.292. The van der Waals surface area contributed by atoms with E-state index >= 15 is 0 Å². The summed E-state index contributed by atoms with van der Waals surface area (Å²) in [5, 5.41) is 4.54. The number of aromatic nitrogens is 2. The van der Waals surface area contributed by atoms with Crippen molar-refractivity contribution in [3.63, 3.8) is 0 Å². The van der Waals surface area contributed by atoms with E-state index in [2.05, 4.69) is 23.6 Å². The smallest absolute Gasteiger partial charge is 0.349 e. The molecule has 0 radical (unpaired) electrons. The Balaban J connectivity index is 2.08. The van der Waals surface area contributed by atoms with Crippen molar-refractivity contribution in [3.8, 4) is 11.5 Å². The lowest BCUT2D eigenvalue weighted by molar-refractivity contribution is 0.201. The second kappa shape index (κ2) is 9.93. The molecule has 0 aliphatic carbocycles. The van der Waals surface area contributed by atoms with Crippen LogP contribution in [0.15, 0.2) is 63.7 Å². The zero-order chi connectivity index (χ0) is 22.4. The van der Waals surface area contributed by atoms with Gasteiger partial charge in [0.1, 0.15) is 0 Å². The minimum atomic E-state index is -0.604. The summed E-state index contributed by atoms with van der Waals surface area (Å²) < 4.78 is 12.7. The first-order chi connectivity index (χ1) is 15.0. The minimum absolute atomic E-state index is 0.0250. The average molecular weight is 421 g/mol. The van der Waals surface area contributed by atoms with E-state index in [0.29, 0.717) is 41.0 Å². The van der Waals surface area contributed by atoms with Gasteiger partial charge in [-0.3, -0.25) is 4.79 Å². The SMILES string of the molecule is C=CCc1cc(C=Nn2c(=O)[nH]c3ccccc3c2=O)cc(OCC)c1OC(C)CC. The molecule has 0 bridgehead atoms. The second-order valence-corrected chi connectivity index (χ2v) is 7.11. The molecule has 1 atom stereocenters. The van der Waals surface area contributed by atoms with E-state index in [-0.39, 0.29) is 6.10 Å². The van der Waals surface area contributed by atoms with Crippen LogP contribution < -0.4 is 20.7 Å². The lowest BCUT2D eigenvalue weighted by Gasteiger charge is -2.20. The molecule has 2 aromatic carbocycles. The third-order valence-corrected chi connectivity index (χ3v) is 4.82. The van der Waals surface area contributed by atoms with Gasteiger partial charge in [-0.05, 0) is 56.5 Å². The zero-order valence-electron chi connectivity index (χ0n) is 18.1. The van der Waals surface area contributed by atoms with Crippen LogP contribution in [-0.4, -0.2) is 28.6 Å². The Morgan fingerprint density at radius 1 is 1.23 bits per heavy atom. The van der Waals surface area contributed by atoms with Crippen LogP contribution in [-0.2, 0) is 6.42 Å². The Kier molecular flexibility index (Phi) is 7.07. The summed E-state index contributed by atoms with van der Waals surface area (Å²) in [6.45, 7) is 10.2. The van der Waals surface area contributed by atoms with Crippen LogP contribution in [0.4, 0.5) is 0 Å². The average Bonchev–Trinajstić information content (AvgIpc) is 2.76. The van der Waals surface area contributed by atoms with Crippen LogP contribution in [0.5, 0.6) is 11.5 Å². The molecular formula is C24H27N3O4. The predicted molar refractivity (Wildman–Crippen MR) is 124 cm³/mol. The molecule has 3 aromatic rings. The van der Waals surface area contributed by atoms with E-state index in [4.69, 9.17) is 9.47 Å². The minimum Gasteiger partial charge on any atom is -0.490 e. The number of hydrogen-bond donors (Lipinski definition) is 1. The third kappa shape index (κ3) is 4.94. The number of ether oxygens (including phenoxy) is 2. The normalized spacial score (nSPS) is 12.2. The van der Waals surface area contributed by atoms with Crippen molar-refractivity contribution in [3.05, 3.63) is 81.0 Å². The molecule has 1 N–H and O–H groups in total. The molecule has 1 aromatic heterocycles. The number of fused-ring (bicyclic) bond motifs is 1. The molecule has 31 heavy (non-hydrogen) atoms. The largest absolute Gasteiger partial charge is 0.490 e. The number of H-pyrrole nitrogens is 1. The van der Waals surface area contributed by atoms with Crippen molar-refractivity contribution >= 4 is 17.1 Å². The third-order valence-electron chi connectivity index (χ3n) is 4.82. The molecule has 7 heteroatoms. The number of rotatable bonds is 9. The Morgan fingerprint density at radius 2 is 2.00 bits per heavy atom. The molecule has 0 saturated heterocycles. The molecule has 1 heterocycles. The molecule has 3 rings (SSSR count). The number of aromatic amines is 1. The molecule has 1 unspecified atom stereocenters. The molecule has 162 valence electrons. The van der Waals surface area contributed by atoms with Crippen LogP contribution in [0, 0.1) is 0 Å². The van der Waals surface area contributed by atoms with Gasteiger partial charge in [0.15, 0.2) is 11.5 Å². The van der Waals surface area contributed by atoms with E-state index in [0.717, 1.165) is 16.7 Å². The highest BCUT2D eigenvalue weighted by atomic mass is 16.5. The predicted octanol–water partition coefficient (Wildman–Crippen LogP) is 3.88. The monoisotopic (exact) mass is 421 g/mol. The molecular weight excluding hydrogens is 394 g/mol. The molecule has 0 aliphatic rings. The summed E-state index contributed by atoms with van der Waals surface area (Å²) in [5.74, 6) is 1.26. The van der Waals surface area contributed by atoms with Gasteiger partial charge >= 0.3 is 5.69 Å². The first-order valence-electron chi connectivity index (χ1n) is 10.3. The first-order valence-corrected chi connectivity index (χ1v) is 10.3. The van der Waals surface area contributed by atoms with Gasteiger partial charge < -0.3 is 14.5 Å². The van der Waals surface area contributed by atoms with Crippen LogP contribution in [0.1, 0.15) is 38.3 Å². The summed E-state index contributed by atoms with van der Waals surface area (Å²) in [4.78, 5) is 27.7. The fourth-order valence-electron chi connectivity index (χ4n) is 3.13. The van der Waals surface area contributed by atoms with Gasteiger partial charge in [0.2, 0.25) is 0 Å². The van der Waals surface area contributed by atoms with Gasteiger partial charge in [0.25, 0.3) is 5.56 Å². The van der Waals surface area contributed by atoms with E-state index in [1.54, 1.807) is 36.4 Å². The summed E-state index contributed by atoms with van der Waals surface area (Å²) in [6, 6.07) is 10.5. The molecule has 0 spiro atoms. The lowest BCUT2D eigenvalue weighted by atomic mass is 10.1. The number of para-hydroxylation sites is 1. The Labute approximate surface area is 180 Å². The molecule has 0 amide bonds. The maximum absolute atomic E-state index is 12.7. The second-order valence-electron chi connectivity index (χ2n) is 7.11. The number of nitrogens with one attached hydrogen (secondary N) is 1. The van der Waals surface area contributed by atoms with E-state index in [1.807, 2.05) is 19.9 Å². The topological polar surface area (TPSA) is 85.7 Å². The zero-order valence-corrected chi connectivity index (χ0v) is 18.1. The van der Waals surface area contributed by atoms with E-state index in [1.165, 1.54) is 6.21 Å².